The van der Waals surface area contributed by atoms with Gasteiger partial charge in [-0.15, -0.1) is 0 Å². The summed E-state index contributed by atoms with van der Waals surface area (Å²) in [5, 5.41) is 20.4. The molecule has 2 aliphatic heterocycles. The van der Waals surface area contributed by atoms with Gasteiger partial charge in [0.2, 0.25) is 0 Å². The van der Waals surface area contributed by atoms with Crippen LogP contribution in [0, 0.1) is 25.5 Å². The molecule has 1 saturated heterocycles. The second-order valence-electron chi connectivity index (χ2n) is 8.31. The number of morpholine rings is 1. The molecular weight excluding hydrogens is 430 g/mol. The average molecular weight is 454 g/mol. The summed E-state index contributed by atoms with van der Waals surface area (Å²) < 4.78 is 34.9. The Bertz CT molecular complexity index is 1240. The second kappa shape index (κ2) is 8.20. The number of ether oxygens (including phenoxy) is 1. The van der Waals surface area contributed by atoms with Gasteiger partial charge in [-0.2, -0.15) is 5.10 Å². The summed E-state index contributed by atoms with van der Waals surface area (Å²) in [6, 6.07) is 5.58. The van der Waals surface area contributed by atoms with E-state index >= 15 is 0 Å². The molecule has 0 aliphatic carbocycles. The molecular formula is C23H24F2N6O2. The van der Waals surface area contributed by atoms with Crippen molar-refractivity contribution < 1.29 is 18.6 Å². The van der Waals surface area contributed by atoms with Crippen molar-refractivity contribution in [3.05, 3.63) is 52.9 Å². The standard InChI is InChI=1S/C23H24F2N6O2/c1-11-20-14(9-18(26-11)31-7-8-33-17(10-31)13(3)32)22-21(12(2)29-30-22)28-23(27-20)19-15(24)5-4-6-16(19)25/h4-6,9,13,17,32H,7-8,10H2,1-3H3,(H,27,28)(H,29,30)/t13-,17+/m1/s1. The Morgan fingerprint density at radius 1 is 1.24 bits per heavy atom. The lowest BCUT2D eigenvalue weighted by Gasteiger charge is -2.35. The Labute approximate surface area is 189 Å². The molecule has 1 fully saturated rings. The minimum Gasteiger partial charge on any atom is -0.391 e. The zero-order valence-corrected chi connectivity index (χ0v) is 18.5. The van der Waals surface area contributed by atoms with Crippen LogP contribution in [0.2, 0.25) is 0 Å². The first kappa shape index (κ1) is 21.5. The van der Waals surface area contributed by atoms with Crippen molar-refractivity contribution >= 4 is 23.0 Å². The van der Waals surface area contributed by atoms with Gasteiger partial charge in [0.05, 0.1) is 41.0 Å². The molecule has 10 heteroatoms. The minimum atomic E-state index is -0.716. The summed E-state index contributed by atoms with van der Waals surface area (Å²) >= 11 is 0. The Morgan fingerprint density at radius 3 is 2.73 bits per heavy atom. The van der Waals surface area contributed by atoms with Gasteiger partial charge in [-0.3, -0.25) is 5.10 Å². The number of benzene rings is 1. The number of nitrogens with one attached hydrogen (secondary N) is 2. The van der Waals surface area contributed by atoms with Gasteiger partial charge in [0.1, 0.15) is 35.1 Å². The number of H-pyrrole nitrogens is 1. The summed E-state index contributed by atoms with van der Waals surface area (Å²) in [6.07, 6.45) is -0.930. The average Bonchev–Trinajstić information content (AvgIpc) is 3.05. The van der Waals surface area contributed by atoms with E-state index < -0.39 is 17.7 Å². The van der Waals surface area contributed by atoms with Crippen LogP contribution < -0.4 is 10.2 Å². The van der Waals surface area contributed by atoms with E-state index in [2.05, 4.69) is 20.5 Å². The molecule has 3 N–H and O–H groups in total. The summed E-state index contributed by atoms with van der Waals surface area (Å²) in [7, 11) is 0. The molecule has 2 aliphatic rings. The molecule has 2 atom stereocenters. The van der Waals surface area contributed by atoms with Gasteiger partial charge in [0.25, 0.3) is 0 Å². The monoisotopic (exact) mass is 454 g/mol. The first-order chi connectivity index (χ1) is 15.8. The van der Waals surface area contributed by atoms with Crippen molar-refractivity contribution in [1.82, 2.24) is 15.2 Å². The highest BCUT2D eigenvalue weighted by Gasteiger charge is 2.29. The minimum absolute atomic E-state index is 0.0493. The van der Waals surface area contributed by atoms with E-state index in [-0.39, 0.29) is 17.5 Å². The summed E-state index contributed by atoms with van der Waals surface area (Å²) in [4.78, 5) is 11.4. The number of anilines is 2. The normalized spacial score (nSPS) is 18.7. The fourth-order valence-corrected chi connectivity index (χ4v) is 4.19. The lowest BCUT2D eigenvalue weighted by atomic mass is 10.1. The van der Waals surface area contributed by atoms with Gasteiger partial charge in [0, 0.05) is 18.7 Å². The summed E-state index contributed by atoms with van der Waals surface area (Å²) in [5.41, 5.74) is 3.41. The molecule has 5 rings (SSSR count). The van der Waals surface area contributed by atoms with Gasteiger partial charge in [-0.25, -0.2) is 18.8 Å². The smallest absolute Gasteiger partial charge is 0.144 e. The van der Waals surface area contributed by atoms with Crippen LogP contribution in [0.1, 0.15) is 23.9 Å². The fourth-order valence-electron chi connectivity index (χ4n) is 4.19. The van der Waals surface area contributed by atoms with Crippen molar-refractivity contribution in [2.75, 3.05) is 29.9 Å². The molecule has 172 valence electrons. The van der Waals surface area contributed by atoms with E-state index in [1.165, 1.54) is 18.2 Å². The molecule has 0 spiro atoms. The van der Waals surface area contributed by atoms with Crippen molar-refractivity contribution in [1.29, 1.82) is 0 Å². The molecule has 8 nitrogen and oxygen atoms in total. The Hall–Kier alpha value is -3.37. The second-order valence-corrected chi connectivity index (χ2v) is 8.31. The summed E-state index contributed by atoms with van der Waals surface area (Å²) in [5.74, 6) is -0.685. The first-order valence-electron chi connectivity index (χ1n) is 10.7. The molecule has 1 aromatic carbocycles. The van der Waals surface area contributed by atoms with Crippen LogP contribution in [0.4, 0.5) is 26.0 Å². The van der Waals surface area contributed by atoms with Crippen LogP contribution in [-0.4, -0.2) is 58.0 Å². The molecule has 0 unspecified atom stereocenters. The van der Waals surface area contributed by atoms with Gasteiger partial charge < -0.3 is 20.1 Å². The number of aliphatic hydroxyl groups excluding tert-OH is 1. The topological polar surface area (TPSA) is 98.7 Å². The number of pyridine rings is 1. The van der Waals surface area contributed by atoms with Gasteiger partial charge >= 0.3 is 0 Å². The predicted molar refractivity (Wildman–Crippen MR) is 121 cm³/mol. The van der Waals surface area contributed by atoms with Crippen molar-refractivity contribution in [2.24, 2.45) is 4.99 Å². The Kier molecular flexibility index (Phi) is 5.34. The van der Waals surface area contributed by atoms with Crippen LogP contribution in [0.5, 0.6) is 0 Å². The maximum Gasteiger partial charge on any atom is 0.144 e. The van der Waals surface area contributed by atoms with E-state index in [9.17, 15) is 13.9 Å². The third-order valence-corrected chi connectivity index (χ3v) is 5.98. The maximum absolute atomic E-state index is 14.6. The number of amidine groups is 1. The van der Waals surface area contributed by atoms with Crippen molar-refractivity contribution in [2.45, 2.75) is 33.0 Å². The lowest BCUT2D eigenvalue weighted by Crippen LogP contribution is -2.47. The number of aliphatic hydroxyl groups is 1. The SMILES string of the molecule is Cc1nc(N2CCO[C@H]([C@@H](C)O)C2)cc2c1N=C(c1c(F)cccc1F)Nc1c-2n[nH]c1C. The predicted octanol–water partition coefficient (Wildman–Crippen LogP) is 3.46. The fraction of sp³-hybridized carbons (Fsp3) is 0.348. The third kappa shape index (κ3) is 3.75. The third-order valence-electron chi connectivity index (χ3n) is 5.98. The molecule has 3 aromatic rings. The van der Waals surface area contributed by atoms with Gasteiger partial charge in [-0.05, 0) is 39.0 Å². The van der Waals surface area contributed by atoms with Crippen LogP contribution >= 0.6 is 0 Å². The van der Waals surface area contributed by atoms with Crippen LogP contribution in [-0.2, 0) is 4.74 Å². The number of nitrogens with zero attached hydrogens (tertiary/aromatic N) is 4. The van der Waals surface area contributed by atoms with Crippen LogP contribution in [0.3, 0.4) is 0 Å². The molecule has 33 heavy (non-hydrogen) atoms. The van der Waals surface area contributed by atoms with E-state index in [1.54, 1.807) is 13.8 Å². The molecule has 4 heterocycles. The zero-order chi connectivity index (χ0) is 23.3. The quantitative estimate of drug-likeness (QED) is 0.561. The van der Waals surface area contributed by atoms with E-state index in [4.69, 9.17) is 9.72 Å². The number of halogens is 2. The zero-order valence-electron chi connectivity index (χ0n) is 18.5. The molecule has 0 amide bonds. The molecule has 0 saturated carbocycles. The summed E-state index contributed by atoms with van der Waals surface area (Å²) in [6.45, 7) is 6.90. The highest BCUT2D eigenvalue weighted by molar-refractivity contribution is 6.14. The Balaban J connectivity index is 1.67. The maximum atomic E-state index is 14.6. The molecule has 0 bridgehead atoms. The van der Waals surface area contributed by atoms with E-state index in [0.717, 1.165) is 0 Å². The highest BCUT2D eigenvalue weighted by atomic mass is 19.1. The van der Waals surface area contributed by atoms with Gasteiger partial charge in [0.15, 0.2) is 0 Å². The van der Waals surface area contributed by atoms with Crippen molar-refractivity contribution in [3.8, 4) is 11.3 Å². The van der Waals surface area contributed by atoms with Crippen LogP contribution in [0.25, 0.3) is 11.3 Å². The lowest BCUT2D eigenvalue weighted by molar-refractivity contribution is -0.0366. The van der Waals surface area contributed by atoms with E-state index in [1.807, 2.05) is 17.9 Å². The Morgan fingerprint density at radius 2 is 2.00 bits per heavy atom. The molecule has 0 radical (unpaired) electrons. The number of aryl methyl sites for hydroxylation is 2. The number of hydrogen-bond donors (Lipinski definition) is 3. The highest BCUT2D eigenvalue weighted by Crippen LogP contribution is 2.42. The molecule has 2 aromatic heterocycles. The number of aliphatic imine (C=N–C) groups is 1. The van der Waals surface area contributed by atoms with Crippen LogP contribution in [0.15, 0.2) is 29.3 Å². The number of aromatic amines is 1. The van der Waals surface area contributed by atoms with E-state index in [0.29, 0.717) is 59.5 Å². The van der Waals surface area contributed by atoms with Crippen molar-refractivity contribution in [3.63, 3.8) is 0 Å². The number of hydrogen-bond acceptors (Lipinski definition) is 7. The number of aromatic nitrogens is 3. The number of rotatable bonds is 3. The largest absolute Gasteiger partial charge is 0.391 e. The number of fused-ring (bicyclic) bond motifs is 3. The van der Waals surface area contributed by atoms with Gasteiger partial charge in [-0.1, -0.05) is 6.07 Å². The first-order valence-corrected chi connectivity index (χ1v) is 10.7.